The van der Waals surface area contributed by atoms with Crippen molar-refractivity contribution >= 4 is 10.0 Å². The number of hydrogen-bond donors (Lipinski definition) is 2. The van der Waals surface area contributed by atoms with Crippen molar-refractivity contribution in [1.29, 1.82) is 0 Å². The summed E-state index contributed by atoms with van der Waals surface area (Å²) in [6, 6.07) is 1.44. The highest BCUT2D eigenvalue weighted by Crippen LogP contribution is 2.27. The van der Waals surface area contributed by atoms with Crippen molar-refractivity contribution in [2.24, 2.45) is 5.73 Å². The van der Waals surface area contributed by atoms with E-state index in [0.717, 1.165) is 0 Å². The summed E-state index contributed by atoms with van der Waals surface area (Å²) in [5.74, 6) is 0. The lowest BCUT2D eigenvalue weighted by Crippen LogP contribution is -2.53. The summed E-state index contributed by atoms with van der Waals surface area (Å²) in [7, 11) is -1.99. The molecule has 1 aromatic rings. The van der Waals surface area contributed by atoms with Gasteiger partial charge in [-0.15, -0.1) is 0 Å². The number of aromatic nitrogens is 2. The van der Waals surface area contributed by atoms with Crippen molar-refractivity contribution in [2.45, 2.75) is 37.3 Å². The first-order valence-electron chi connectivity index (χ1n) is 5.63. The molecule has 0 bridgehead atoms. The summed E-state index contributed by atoms with van der Waals surface area (Å²) in [6.45, 7) is 4.18. The van der Waals surface area contributed by atoms with Gasteiger partial charge in [-0.25, -0.2) is 8.42 Å². The molecule has 1 rings (SSSR count). The lowest BCUT2D eigenvalue weighted by molar-refractivity contribution is 0.207. The van der Waals surface area contributed by atoms with Gasteiger partial charge in [0.1, 0.15) is 0 Å². The minimum atomic E-state index is -3.55. The van der Waals surface area contributed by atoms with Crippen LogP contribution in [-0.4, -0.2) is 42.1 Å². The van der Waals surface area contributed by atoms with Crippen molar-refractivity contribution in [1.82, 2.24) is 14.5 Å². The normalized spacial score (nSPS) is 13.2. The Labute approximate surface area is 102 Å². The zero-order valence-corrected chi connectivity index (χ0v) is 11.3. The van der Waals surface area contributed by atoms with E-state index in [2.05, 4.69) is 10.2 Å². The second-order valence-electron chi connectivity index (χ2n) is 4.03. The second kappa shape index (κ2) is 5.16. The van der Waals surface area contributed by atoms with Crippen LogP contribution in [0.25, 0.3) is 0 Å². The first kappa shape index (κ1) is 14.1. The summed E-state index contributed by atoms with van der Waals surface area (Å²) in [4.78, 5) is 0. The Kier molecular flexibility index (Phi) is 4.29. The molecule has 0 fully saturated rings. The molecule has 17 heavy (non-hydrogen) atoms. The minimum Gasteiger partial charge on any atom is -0.329 e. The number of H-pyrrole nitrogens is 1. The van der Waals surface area contributed by atoms with Crippen LogP contribution in [0.3, 0.4) is 0 Å². The lowest BCUT2D eigenvalue weighted by atomic mass is 9.93. The average molecular weight is 260 g/mol. The van der Waals surface area contributed by atoms with E-state index in [0.29, 0.717) is 19.4 Å². The fourth-order valence-corrected chi connectivity index (χ4v) is 3.44. The standard InChI is InChI=1S/C10H20N4O2S/c1-4-10(5-2,8-11)14(3)17(15,16)9-6-7-12-13-9/h6-7H,4-5,8,11H2,1-3H3,(H,12,13). The van der Waals surface area contributed by atoms with Crippen LogP contribution < -0.4 is 5.73 Å². The van der Waals surface area contributed by atoms with Gasteiger partial charge in [0.15, 0.2) is 5.03 Å². The van der Waals surface area contributed by atoms with Crippen molar-refractivity contribution in [3.63, 3.8) is 0 Å². The van der Waals surface area contributed by atoms with Gasteiger partial charge in [0, 0.05) is 19.1 Å². The van der Waals surface area contributed by atoms with Crippen LogP contribution in [-0.2, 0) is 10.0 Å². The molecule has 0 amide bonds. The summed E-state index contributed by atoms with van der Waals surface area (Å²) < 4.78 is 26.0. The topological polar surface area (TPSA) is 92.1 Å². The molecule has 1 aromatic heterocycles. The van der Waals surface area contributed by atoms with Crippen molar-refractivity contribution < 1.29 is 8.42 Å². The van der Waals surface area contributed by atoms with E-state index in [-0.39, 0.29) is 5.03 Å². The zero-order chi connectivity index (χ0) is 13.1. The molecule has 0 atom stereocenters. The summed E-state index contributed by atoms with van der Waals surface area (Å²) >= 11 is 0. The third-order valence-electron chi connectivity index (χ3n) is 3.48. The van der Waals surface area contributed by atoms with Crippen molar-refractivity contribution in [3.8, 4) is 0 Å². The number of rotatable bonds is 6. The van der Waals surface area contributed by atoms with Gasteiger partial charge in [0.2, 0.25) is 0 Å². The van der Waals surface area contributed by atoms with Crippen molar-refractivity contribution in [2.75, 3.05) is 13.6 Å². The maximum atomic E-state index is 12.3. The summed E-state index contributed by atoms with van der Waals surface area (Å²) in [5.41, 5.74) is 5.21. The maximum absolute atomic E-state index is 12.3. The highest BCUT2D eigenvalue weighted by atomic mass is 32.2. The largest absolute Gasteiger partial charge is 0.329 e. The average Bonchev–Trinajstić information content (AvgIpc) is 2.86. The molecule has 0 saturated carbocycles. The van der Waals surface area contributed by atoms with E-state index in [4.69, 9.17) is 5.73 Å². The number of nitrogens with two attached hydrogens (primary N) is 1. The monoisotopic (exact) mass is 260 g/mol. The first-order chi connectivity index (χ1) is 7.94. The van der Waals surface area contributed by atoms with Crippen molar-refractivity contribution in [3.05, 3.63) is 12.3 Å². The smallest absolute Gasteiger partial charge is 0.260 e. The van der Waals surface area contributed by atoms with Crippen LogP contribution >= 0.6 is 0 Å². The lowest BCUT2D eigenvalue weighted by Gasteiger charge is -2.38. The van der Waals surface area contributed by atoms with Crippen LogP contribution in [0.15, 0.2) is 17.3 Å². The Hall–Kier alpha value is -0.920. The van der Waals surface area contributed by atoms with E-state index < -0.39 is 15.6 Å². The molecule has 3 N–H and O–H groups in total. The molecule has 0 aliphatic heterocycles. The Morgan fingerprint density at radius 3 is 2.41 bits per heavy atom. The van der Waals surface area contributed by atoms with Gasteiger partial charge < -0.3 is 5.73 Å². The number of aromatic amines is 1. The highest BCUT2D eigenvalue weighted by Gasteiger charge is 2.38. The molecule has 6 nitrogen and oxygen atoms in total. The molecular formula is C10H20N4O2S. The third kappa shape index (κ3) is 2.36. The van der Waals surface area contributed by atoms with Gasteiger partial charge in [-0.05, 0) is 18.9 Å². The summed E-state index contributed by atoms with van der Waals surface area (Å²) in [5, 5.41) is 6.25. The van der Waals surface area contributed by atoms with Gasteiger partial charge >= 0.3 is 0 Å². The molecule has 0 unspecified atom stereocenters. The Morgan fingerprint density at radius 1 is 1.47 bits per heavy atom. The van der Waals surface area contributed by atoms with Crippen LogP contribution in [0.1, 0.15) is 26.7 Å². The second-order valence-corrected chi connectivity index (χ2v) is 5.97. The summed E-state index contributed by atoms with van der Waals surface area (Å²) in [6.07, 6.45) is 2.76. The highest BCUT2D eigenvalue weighted by molar-refractivity contribution is 7.89. The Balaban J connectivity index is 3.16. The van der Waals surface area contributed by atoms with E-state index in [9.17, 15) is 8.42 Å². The van der Waals surface area contributed by atoms with Gasteiger partial charge in [-0.1, -0.05) is 13.8 Å². The molecule has 98 valence electrons. The quantitative estimate of drug-likeness (QED) is 0.781. The van der Waals surface area contributed by atoms with Gasteiger partial charge in [0.25, 0.3) is 10.0 Å². The van der Waals surface area contributed by atoms with Gasteiger partial charge in [-0.2, -0.15) is 9.40 Å². The fraction of sp³-hybridized carbons (Fsp3) is 0.700. The van der Waals surface area contributed by atoms with Gasteiger partial charge in [0.05, 0.1) is 6.20 Å². The Morgan fingerprint density at radius 2 is 2.06 bits per heavy atom. The predicted molar refractivity (Wildman–Crippen MR) is 65.9 cm³/mol. The van der Waals surface area contributed by atoms with E-state index in [1.165, 1.54) is 16.6 Å². The molecule has 0 aliphatic carbocycles. The third-order valence-corrected chi connectivity index (χ3v) is 5.37. The molecule has 1 heterocycles. The predicted octanol–water partition coefficient (Wildman–Crippen LogP) is 0.548. The maximum Gasteiger partial charge on any atom is 0.260 e. The first-order valence-corrected chi connectivity index (χ1v) is 7.07. The van der Waals surface area contributed by atoms with E-state index in [1.807, 2.05) is 13.8 Å². The number of nitrogens with one attached hydrogen (secondary N) is 1. The molecule has 0 radical (unpaired) electrons. The Bertz CT molecular complexity index is 429. The molecule has 0 saturated heterocycles. The molecule has 7 heteroatoms. The zero-order valence-electron chi connectivity index (χ0n) is 10.5. The van der Waals surface area contributed by atoms with Crippen LogP contribution in [0.2, 0.25) is 0 Å². The number of sulfonamides is 1. The van der Waals surface area contributed by atoms with Crippen LogP contribution in [0, 0.1) is 0 Å². The number of likely N-dealkylation sites (N-methyl/N-ethyl adjacent to an activating group) is 1. The SMILES string of the molecule is CCC(CC)(CN)N(C)S(=O)(=O)c1ccn[nH]1. The molecule has 0 spiro atoms. The van der Waals surface area contributed by atoms with E-state index in [1.54, 1.807) is 7.05 Å². The van der Waals surface area contributed by atoms with Crippen LogP contribution in [0.5, 0.6) is 0 Å². The van der Waals surface area contributed by atoms with Crippen LogP contribution in [0.4, 0.5) is 0 Å². The van der Waals surface area contributed by atoms with Gasteiger partial charge in [-0.3, -0.25) is 5.10 Å². The minimum absolute atomic E-state index is 0.0970. The number of hydrogen-bond acceptors (Lipinski definition) is 4. The molecule has 0 aromatic carbocycles. The fourth-order valence-electron chi connectivity index (χ4n) is 1.90. The molecular weight excluding hydrogens is 240 g/mol. The van der Waals surface area contributed by atoms with E-state index >= 15 is 0 Å². The number of nitrogens with zero attached hydrogens (tertiary/aromatic N) is 2. The molecule has 0 aliphatic rings.